The summed E-state index contributed by atoms with van der Waals surface area (Å²) in [7, 11) is 1.70. The number of imidazole rings is 1. The first-order valence-electron chi connectivity index (χ1n) is 6.15. The summed E-state index contributed by atoms with van der Waals surface area (Å²) in [5.41, 5.74) is 5.17. The number of rotatable bonds is 2. The molecule has 0 saturated heterocycles. The molecule has 0 radical (unpaired) electrons. The smallest absolute Gasteiger partial charge is 0.154 e. The first-order valence-corrected chi connectivity index (χ1v) is 6.15. The SMILES string of the molecule is COc1c(C)cc(-c2cnc3cccnn23)cc1C. The fraction of sp³-hybridized carbons (Fsp3) is 0.200. The van der Waals surface area contributed by atoms with E-state index in [1.165, 1.54) is 0 Å². The van der Waals surface area contributed by atoms with Crippen LogP contribution in [0.4, 0.5) is 0 Å². The average molecular weight is 253 g/mol. The molecule has 0 bridgehead atoms. The number of aryl methyl sites for hydroxylation is 2. The van der Waals surface area contributed by atoms with Crippen molar-refractivity contribution in [2.24, 2.45) is 0 Å². The number of benzene rings is 1. The second-order valence-electron chi connectivity index (χ2n) is 4.58. The first kappa shape index (κ1) is 11.7. The third-order valence-corrected chi connectivity index (χ3v) is 3.24. The summed E-state index contributed by atoms with van der Waals surface area (Å²) in [5, 5.41) is 4.34. The molecule has 0 N–H and O–H groups in total. The molecule has 0 aliphatic carbocycles. The highest BCUT2D eigenvalue weighted by Gasteiger charge is 2.10. The third-order valence-electron chi connectivity index (χ3n) is 3.24. The highest BCUT2D eigenvalue weighted by Crippen LogP contribution is 2.29. The van der Waals surface area contributed by atoms with Crippen molar-refractivity contribution < 1.29 is 4.74 Å². The van der Waals surface area contributed by atoms with Crippen LogP contribution in [0.1, 0.15) is 11.1 Å². The van der Waals surface area contributed by atoms with Crippen molar-refractivity contribution in [2.75, 3.05) is 7.11 Å². The van der Waals surface area contributed by atoms with E-state index in [1.54, 1.807) is 13.3 Å². The van der Waals surface area contributed by atoms with Crippen LogP contribution in [0.5, 0.6) is 5.75 Å². The Morgan fingerprint density at radius 1 is 1.16 bits per heavy atom. The van der Waals surface area contributed by atoms with Gasteiger partial charge in [-0.15, -0.1) is 0 Å². The van der Waals surface area contributed by atoms with Gasteiger partial charge in [0.25, 0.3) is 0 Å². The third kappa shape index (κ3) is 1.85. The van der Waals surface area contributed by atoms with Crippen molar-refractivity contribution in [3.8, 4) is 17.0 Å². The molecule has 0 saturated carbocycles. The minimum absolute atomic E-state index is 0.851. The molecule has 0 unspecified atom stereocenters. The van der Waals surface area contributed by atoms with E-state index in [-0.39, 0.29) is 0 Å². The summed E-state index contributed by atoms with van der Waals surface area (Å²) in [6.45, 7) is 4.10. The van der Waals surface area contributed by atoms with Crippen LogP contribution < -0.4 is 4.74 Å². The Labute approximate surface area is 111 Å². The number of hydrogen-bond donors (Lipinski definition) is 0. The predicted molar refractivity (Wildman–Crippen MR) is 74.4 cm³/mol. The zero-order chi connectivity index (χ0) is 13.4. The van der Waals surface area contributed by atoms with Gasteiger partial charge in [0.05, 0.1) is 19.0 Å². The summed E-state index contributed by atoms with van der Waals surface area (Å²) in [5.74, 6) is 0.936. The molecule has 0 aliphatic heterocycles. The van der Waals surface area contributed by atoms with Crippen molar-refractivity contribution in [1.82, 2.24) is 14.6 Å². The standard InChI is InChI=1S/C15H15N3O/c1-10-7-12(8-11(2)15(10)19-3)13-9-16-14-5-4-6-17-18(13)14/h4-9H,1-3H3. The van der Waals surface area contributed by atoms with E-state index >= 15 is 0 Å². The lowest BCUT2D eigenvalue weighted by molar-refractivity contribution is 0.408. The summed E-state index contributed by atoms with van der Waals surface area (Å²) in [6.07, 6.45) is 3.62. The maximum Gasteiger partial charge on any atom is 0.154 e. The van der Waals surface area contributed by atoms with Crippen molar-refractivity contribution in [3.63, 3.8) is 0 Å². The Kier molecular flexibility index (Phi) is 2.71. The average Bonchev–Trinajstić information content (AvgIpc) is 2.82. The van der Waals surface area contributed by atoms with Crippen molar-refractivity contribution in [3.05, 3.63) is 47.8 Å². The van der Waals surface area contributed by atoms with Crippen LogP contribution in [-0.2, 0) is 0 Å². The maximum atomic E-state index is 5.40. The Bertz CT molecular complexity index is 723. The molecule has 4 heteroatoms. The van der Waals surface area contributed by atoms with Crippen LogP contribution >= 0.6 is 0 Å². The molecule has 1 aromatic carbocycles. The zero-order valence-corrected chi connectivity index (χ0v) is 11.2. The molecule has 2 aromatic heterocycles. The molecule has 0 fully saturated rings. The summed E-state index contributed by atoms with van der Waals surface area (Å²) >= 11 is 0. The second kappa shape index (κ2) is 4.39. The molecule has 4 nitrogen and oxygen atoms in total. The Morgan fingerprint density at radius 3 is 2.58 bits per heavy atom. The van der Waals surface area contributed by atoms with Gasteiger partial charge in [0.1, 0.15) is 5.75 Å². The van der Waals surface area contributed by atoms with Gasteiger partial charge in [-0.1, -0.05) is 0 Å². The fourth-order valence-corrected chi connectivity index (χ4v) is 2.45. The predicted octanol–water partition coefficient (Wildman–Crippen LogP) is 3.02. The monoisotopic (exact) mass is 253 g/mol. The van der Waals surface area contributed by atoms with Gasteiger partial charge >= 0.3 is 0 Å². The number of methoxy groups -OCH3 is 1. The second-order valence-corrected chi connectivity index (χ2v) is 4.58. The van der Waals surface area contributed by atoms with Gasteiger partial charge in [-0.05, 0) is 49.2 Å². The molecule has 0 aliphatic rings. The Balaban J connectivity index is 2.22. The summed E-state index contributed by atoms with van der Waals surface area (Å²) in [4.78, 5) is 4.37. The Hall–Kier alpha value is -2.36. The van der Waals surface area contributed by atoms with Crippen molar-refractivity contribution in [1.29, 1.82) is 0 Å². The number of fused-ring (bicyclic) bond motifs is 1. The lowest BCUT2D eigenvalue weighted by Crippen LogP contribution is -1.95. The van der Waals surface area contributed by atoms with Gasteiger partial charge in [-0.2, -0.15) is 5.10 Å². The van der Waals surface area contributed by atoms with E-state index < -0.39 is 0 Å². The minimum atomic E-state index is 0.851. The van der Waals surface area contributed by atoms with Gasteiger partial charge in [-0.3, -0.25) is 0 Å². The van der Waals surface area contributed by atoms with Gasteiger partial charge in [0.15, 0.2) is 5.65 Å². The molecule has 0 atom stereocenters. The molecule has 0 spiro atoms. The maximum absolute atomic E-state index is 5.40. The molecule has 0 amide bonds. The number of aromatic nitrogens is 3. The van der Waals surface area contributed by atoms with Crippen LogP contribution in [0.2, 0.25) is 0 Å². The van der Waals surface area contributed by atoms with Gasteiger partial charge in [0.2, 0.25) is 0 Å². The van der Waals surface area contributed by atoms with Crippen molar-refractivity contribution in [2.45, 2.75) is 13.8 Å². The zero-order valence-electron chi connectivity index (χ0n) is 11.2. The van der Waals surface area contributed by atoms with Crippen molar-refractivity contribution >= 4 is 5.65 Å². The highest BCUT2D eigenvalue weighted by molar-refractivity contribution is 5.66. The first-order chi connectivity index (χ1) is 9.20. The largest absolute Gasteiger partial charge is 0.496 e. The molecule has 2 heterocycles. The van der Waals surface area contributed by atoms with E-state index in [1.807, 2.05) is 36.7 Å². The summed E-state index contributed by atoms with van der Waals surface area (Å²) in [6, 6.07) is 8.03. The van der Waals surface area contributed by atoms with Crippen LogP contribution in [-0.4, -0.2) is 21.7 Å². The van der Waals surface area contributed by atoms with Crippen LogP contribution in [0.15, 0.2) is 36.7 Å². The van der Waals surface area contributed by atoms with E-state index in [2.05, 4.69) is 22.2 Å². The fourth-order valence-electron chi connectivity index (χ4n) is 2.45. The van der Waals surface area contributed by atoms with Crippen LogP contribution in [0.25, 0.3) is 16.9 Å². The van der Waals surface area contributed by atoms with Crippen LogP contribution in [0, 0.1) is 13.8 Å². The lowest BCUT2D eigenvalue weighted by Gasteiger charge is -2.10. The number of ether oxygens (including phenoxy) is 1. The van der Waals surface area contributed by atoms with E-state index in [0.717, 1.165) is 33.8 Å². The Morgan fingerprint density at radius 2 is 1.89 bits per heavy atom. The molecule has 3 aromatic rings. The topological polar surface area (TPSA) is 39.4 Å². The molecule has 19 heavy (non-hydrogen) atoms. The number of nitrogens with zero attached hydrogens (tertiary/aromatic N) is 3. The normalized spacial score (nSPS) is 10.9. The summed E-state index contributed by atoms with van der Waals surface area (Å²) < 4.78 is 7.25. The quantitative estimate of drug-likeness (QED) is 0.704. The van der Waals surface area contributed by atoms with Crippen LogP contribution in [0.3, 0.4) is 0 Å². The lowest BCUT2D eigenvalue weighted by atomic mass is 10.0. The minimum Gasteiger partial charge on any atom is -0.496 e. The highest BCUT2D eigenvalue weighted by atomic mass is 16.5. The molecule has 3 rings (SSSR count). The van der Waals surface area contributed by atoms with E-state index in [0.29, 0.717) is 0 Å². The van der Waals surface area contributed by atoms with Gasteiger partial charge in [0, 0.05) is 11.8 Å². The molecular formula is C15H15N3O. The molecular weight excluding hydrogens is 238 g/mol. The molecule has 96 valence electrons. The van der Waals surface area contributed by atoms with Gasteiger partial charge < -0.3 is 4.74 Å². The van der Waals surface area contributed by atoms with E-state index in [9.17, 15) is 0 Å². The van der Waals surface area contributed by atoms with Gasteiger partial charge in [-0.25, -0.2) is 9.50 Å². The van der Waals surface area contributed by atoms with E-state index in [4.69, 9.17) is 4.74 Å². The number of hydrogen-bond acceptors (Lipinski definition) is 3.